The van der Waals surface area contributed by atoms with Gasteiger partial charge in [-0.25, -0.2) is 4.79 Å². The van der Waals surface area contributed by atoms with Crippen LogP contribution in [0.1, 0.15) is 39.0 Å². The van der Waals surface area contributed by atoms with Crippen LogP contribution in [-0.4, -0.2) is 66.1 Å². The van der Waals surface area contributed by atoms with E-state index >= 15 is 0 Å². The number of piperazine rings is 1. The number of aryl methyl sites for hydroxylation is 1. The lowest BCUT2D eigenvalue weighted by molar-refractivity contribution is 0.0599. The Kier molecular flexibility index (Phi) is 5.74. The molecule has 1 fully saturated rings. The molecule has 7 nitrogen and oxygen atoms in total. The van der Waals surface area contributed by atoms with Crippen molar-refractivity contribution in [1.29, 1.82) is 0 Å². The van der Waals surface area contributed by atoms with Crippen LogP contribution in [0.5, 0.6) is 5.75 Å². The van der Waals surface area contributed by atoms with Crippen LogP contribution in [0.25, 0.3) is 0 Å². The van der Waals surface area contributed by atoms with Gasteiger partial charge in [-0.3, -0.25) is 9.69 Å². The summed E-state index contributed by atoms with van der Waals surface area (Å²) in [6.07, 6.45) is 0. The van der Waals surface area contributed by atoms with Crippen molar-refractivity contribution in [3.63, 3.8) is 0 Å². The van der Waals surface area contributed by atoms with Gasteiger partial charge in [0.1, 0.15) is 5.75 Å². The zero-order valence-electron chi connectivity index (χ0n) is 16.8. The number of benzene rings is 1. The number of ketones is 1. The third kappa shape index (κ3) is 3.62. The molecule has 2 aromatic rings. The summed E-state index contributed by atoms with van der Waals surface area (Å²) < 4.78 is 4.82. The number of aromatic hydroxyl groups is 1. The van der Waals surface area contributed by atoms with Gasteiger partial charge in [-0.1, -0.05) is 12.1 Å². The van der Waals surface area contributed by atoms with Gasteiger partial charge in [0, 0.05) is 31.9 Å². The average molecular weight is 385 g/mol. The second-order valence-corrected chi connectivity index (χ2v) is 7.17. The van der Waals surface area contributed by atoms with Crippen LogP contribution in [0.2, 0.25) is 0 Å². The number of hydrogen-bond acceptors (Lipinski definition) is 6. The Bertz CT molecular complexity index is 882. The fourth-order valence-electron chi connectivity index (χ4n) is 3.86. The summed E-state index contributed by atoms with van der Waals surface area (Å²) in [6, 6.07) is 6.98. The standard InChI is InChI=1S/C21H27N3O4/c1-13-18(21(27)28-4)14(2)22-19(13)20(26)15(3)23-9-11-24(12-10-23)16-7-5-6-8-17(16)25/h5-8,15,22,25H,9-12H2,1-4H3/t15-/m0/s1. The molecule has 2 N–H and O–H groups in total. The molecule has 0 amide bonds. The number of nitrogens with one attached hydrogen (secondary N) is 1. The minimum atomic E-state index is -0.436. The van der Waals surface area contributed by atoms with E-state index in [9.17, 15) is 14.7 Å². The Balaban J connectivity index is 1.70. The number of hydrogen-bond donors (Lipinski definition) is 2. The Hall–Kier alpha value is -2.80. The maximum Gasteiger partial charge on any atom is 0.339 e. The molecule has 1 saturated heterocycles. The topological polar surface area (TPSA) is 85.9 Å². The van der Waals surface area contributed by atoms with Gasteiger partial charge in [0.05, 0.1) is 30.1 Å². The number of aromatic nitrogens is 1. The number of phenolic OH excluding ortho intramolecular Hbond substituents is 1. The fraction of sp³-hybridized carbons (Fsp3) is 0.429. The number of phenols is 1. The van der Waals surface area contributed by atoms with E-state index in [1.165, 1.54) is 7.11 Å². The van der Waals surface area contributed by atoms with Crippen LogP contribution in [0.15, 0.2) is 24.3 Å². The third-order valence-corrected chi connectivity index (χ3v) is 5.54. The molecule has 28 heavy (non-hydrogen) atoms. The van der Waals surface area contributed by atoms with Crippen molar-refractivity contribution in [2.24, 2.45) is 0 Å². The molecule has 150 valence electrons. The minimum absolute atomic E-state index is 0.0354. The van der Waals surface area contributed by atoms with Gasteiger partial charge in [0.15, 0.2) is 5.78 Å². The quantitative estimate of drug-likeness (QED) is 0.608. The van der Waals surface area contributed by atoms with E-state index in [0.29, 0.717) is 35.6 Å². The number of anilines is 1. The average Bonchev–Trinajstić information content (AvgIpc) is 3.01. The third-order valence-electron chi connectivity index (χ3n) is 5.54. The zero-order chi connectivity index (χ0) is 20.4. The highest BCUT2D eigenvalue weighted by atomic mass is 16.5. The van der Waals surface area contributed by atoms with Crippen LogP contribution >= 0.6 is 0 Å². The molecule has 0 spiro atoms. The SMILES string of the molecule is COC(=O)c1c(C)[nH]c(C(=O)[C@H](C)N2CCN(c3ccccc3O)CC2)c1C. The normalized spacial score (nSPS) is 16.1. The summed E-state index contributed by atoms with van der Waals surface area (Å²) in [7, 11) is 1.34. The van der Waals surface area contributed by atoms with Crippen LogP contribution < -0.4 is 4.90 Å². The van der Waals surface area contributed by atoms with E-state index in [4.69, 9.17) is 4.74 Å². The predicted octanol–water partition coefficient (Wildman–Crippen LogP) is 2.52. The summed E-state index contributed by atoms with van der Waals surface area (Å²) in [5.74, 6) is -0.200. The Morgan fingerprint density at radius 3 is 2.39 bits per heavy atom. The molecule has 0 aliphatic carbocycles. The number of H-pyrrole nitrogens is 1. The summed E-state index contributed by atoms with van der Waals surface area (Å²) in [5.41, 5.74) is 2.99. The largest absolute Gasteiger partial charge is 0.506 e. The molecule has 0 saturated carbocycles. The highest BCUT2D eigenvalue weighted by Gasteiger charge is 2.30. The van der Waals surface area contributed by atoms with Crippen molar-refractivity contribution in [1.82, 2.24) is 9.88 Å². The fourth-order valence-corrected chi connectivity index (χ4v) is 3.86. The first-order chi connectivity index (χ1) is 13.3. The molecule has 7 heteroatoms. The van der Waals surface area contributed by atoms with Crippen LogP contribution in [-0.2, 0) is 4.74 Å². The van der Waals surface area contributed by atoms with E-state index in [0.717, 1.165) is 18.8 Å². The number of carbonyl (C=O) groups excluding carboxylic acids is 2. The number of esters is 1. The van der Waals surface area contributed by atoms with E-state index in [1.807, 2.05) is 19.1 Å². The molecule has 3 rings (SSSR count). The second-order valence-electron chi connectivity index (χ2n) is 7.17. The van der Waals surface area contributed by atoms with Gasteiger partial charge in [-0.2, -0.15) is 0 Å². The van der Waals surface area contributed by atoms with Gasteiger partial charge in [-0.15, -0.1) is 0 Å². The van der Waals surface area contributed by atoms with Crippen molar-refractivity contribution in [2.75, 3.05) is 38.2 Å². The number of rotatable bonds is 5. The Morgan fingerprint density at radius 2 is 1.79 bits per heavy atom. The van der Waals surface area contributed by atoms with Crippen LogP contribution in [0.4, 0.5) is 5.69 Å². The van der Waals surface area contributed by atoms with Gasteiger partial charge >= 0.3 is 5.97 Å². The number of ether oxygens (including phenoxy) is 1. The molecule has 0 bridgehead atoms. The summed E-state index contributed by atoms with van der Waals surface area (Å²) in [5, 5.41) is 10.0. The van der Waals surface area contributed by atoms with Crippen LogP contribution in [0.3, 0.4) is 0 Å². The van der Waals surface area contributed by atoms with E-state index < -0.39 is 5.97 Å². The minimum Gasteiger partial charge on any atom is -0.506 e. The maximum absolute atomic E-state index is 13.1. The molecule has 1 aliphatic heterocycles. The predicted molar refractivity (Wildman–Crippen MR) is 107 cm³/mol. The molecule has 1 aliphatic rings. The van der Waals surface area contributed by atoms with Gasteiger partial charge in [-0.05, 0) is 38.5 Å². The second kappa shape index (κ2) is 8.06. The Morgan fingerprint density at radius 1 is 1.14 bits per heavy atom. The monoisotopic (exact) mass is 385 g/mol. The van der Waals surface area contributed by atoms with Gasteiger partial charge < -0.3 is 19.7 Å². The molecular weight excluding hydrogens is 358 g/mol. The number of Topliss-reactive ketones (excluding diaryl/α,β-unsaturated/α-hetero) is 1. The summed E-state index contributed by atoms with van der Waals surface area (Å²) in [6.45, 7) is 8.31. The molecule has 0 unspecified atom stereocenters. The highest BCUT2D eigenvalue weighted by Crippen LogP contribution is 2.28. The first-order valence-corrected chi connectivity index (χ1v) is 9.43. The van der Waals surface area contributed by atoms with Crippen molar-refractivity contribution >= 4 is 17.4 Å². The highest BCUT2D eigenvalue weighted by molar-refractivity contribution is 6.03. The van der Waals surface area contributed by atoms with Crippen molar-refractivity contribution in [2.45, 2.75) is 26.8 Å². The van der Waals surface area contributed by atoms with Crippen LogP contribution in [0, 0.1) is 13.8 Å². The summed E-state index contributed by atoms with van der Waals surface area (Å²) >= 11 is 0. The molecule has 1 atom stereocenters. The first kappa shape index (κ1) is 19.9. The van der Waals surface area contributed by atoms with Crippen molar-refractivity contribution < 1.29 is 19.4 Å². The van der Waals surface area contributed by atoms with Crippen molar-refractivity contribution in [3.8, 4) is 5.75 Å². The van der Waals surface area contributed by atoms with E-state index in [-0.39, 0.29) is 17.6 Å². The molecule has 1 aromatic carbocycles. The van der Waals surface area contributed by atoms with E-state index in [1.54, 1.807) is 26.0 Å². The smallest absolute Gasteiger partial charge is 0.339 e. The molecule has 1 aromatic heterocycles. The number of nitrogens with zero attached hydrogens (tertiary/aromatic N) is 2. The lowest BCUT2D eigenvalue weighted by Gasteiger charge is -2.38. The lowest BCUT2D eigenvalue weighted by Crippen LogP contribution is -2.51. The number of para-hydroxylation sites is 2. The number of carbonyl (C=O) groups is 2. The van der Waals surface area contributed by atoms with Crippen molar-refractivity contribution in [3.05, 3.63) is 46.8 Å². The molecule has 2 heterocycles. The van der Waals surface area contributed by atoms with E-state index in [2.05, 4.69) is 14.8 Å². The lowest BCUT2D eigenvalue weighted by atomic mass is 10.0. The van der Waals surface area contributed by atoms with Gasteiger partial charge in [0.2, 0.25) is 0 Å². The molecule has 0 radical (unpaired) electrons. The zero-order valence-corrected chi connectivity index (χ0v) is 16.8. The number of aromatic amines is 1. The maximum atomic E-state index is 13.1. The first-order valence-electron chi connectivity index (χ1n) is 9.43. The van der Waals surface area contributed by atoms with Gasteiger partial charge in [0.25, 0.3) is 0 Å². The molecular formula is C21H27N3O4. The Labute approximate surface area is 164 Å². The summed E-state index contributed by atoms with van der Waals surface area (Å²) in [4.78, 5) is 32.4. The number of methoxy groups -OCH3 is 1.